The highest BCUT2D eigenvalue weighted by atomic mass is 19.1. The van der Waals surface area contributed by atoms with Crippen molar-refractivity contribution in [2.75, 3.05) is 6.54 Å². The fourth-order valence-electron chi connectivity index (χ4n) is 2.20. The Morgan fingerprint density at radius 3 is 2.63 bits per heavy atom. The minimum absolute atomic E-state index is 0.0431. The molecule has 1 aromatic heterocycles. The molecule has 0 aliphatic carbocycles. The van der Waals surface area contributed by atoms with Crippen molar-refractivity contribution in [3.05, 3.63) is 53.4 Å². The van der Waals surface area contributed by atoms with E-state index in [0.717, 1.165) is 17.9 Å². The van der Waals surface area contributed by atoms with Crippen molar-refractivity contribution >= 4 is 0 Å². The van der Waals surface area contributed by atoms with Crippen LogP contribution in [0, 0.1) is 19.7 Å². The Labute approximate surface area is 113 Å². The maximum absolute atomic E-state index is 13.9. The van der Waals surface area contributed by atoms with Crippen LogP contribution in [0.3, 0.4) is 0 Å². The first-order chi connectivity index (χ1) is 9.13. The third-order valence-electron chi connectivity index (χ3n) is 3.46. The average molecular weight is 261 g/mol. The third-order valence-corrected chi connectivity index (χ3v) is 3.46. The van der Waals surface area contributed by atoms with Crippen LogP contribution in [0.5, 0.6) is 0 Å². The molecule has 1 N–H and O–H groups in total. The van der Waals surface area contributed by atoms with Gasteiger partial charge in [-0.3, -0.25) is 0 Å². The molecule has 0 aliphatic heterocycles. The summed E-state index contributed by atoms with van der Waals surface area (Å²) in [4.78, 5) is 4.29. The van der Waals surface area contributed by atoms with E-state index in [0.29, 0.717) is 12.1 Å². The van der Waals surface area contributed by atoms with Gasteiger partial charge in [-0.1, -0.05) is 25.1 Å². The van der Waals surface area contributed by atoms with Crippen LogP contribution < -0.4 is 5.32 Å². The van der Waals surface area contributed by atoms with Gasteiger partial charge >= 0.3 is 0 Å². The molecule has 0 fully saturated rings. The summed E-state index contributed by atoms with van der Waals surface area (Å²) in [5, 5.41) is 3.34. The number of aromatic nitrogens is 2. The molecule has 0 radical (unpaired) electrons. The van der Waals surface area contributed by atoms with E-state index in [2.05, 4.69) is 14.9 Å². The zero-order chi connectivity index (χ0) is 13.8. The van der Waals surface area contributed by atoms with Crippen molar-refractivity contribution in [3.8, 4) is 0 Å². The molecule has 0 amide bonds. The first-order valence-corrected chi connectivity index (χ1v) is 6.59. The summed E-state index contributed by atoms with van der Waals surface area (Å²) in [7, 11) is 0. The van der Waals surface area contributed by atoms with E-state index in [1.54, 1.807) is 6.07 Å². The topological polar surface area (TPSA) is 29.9 Å². The second-order valence-electron chi connectivity index (χ2n) is 4.70. The molecule has 102 valence electrons. The van der Waals surface area contributed by atoms with E-state index in [1.165, 1.54) is 6.07 Å². The lowest BCUT2D eigenvalue weighted by atomic mass is 10.1. The van der Waals surface area contributed by atoms with Gasteiger partial charge in [-0.25, -0.2) is 9.37 Å². The van der Waals surface area contributed by atoms with Gasteiger partial charge in [0.05, 0.1) is 18.1 Å². The highest BCUT2D eigenvalue weighted by Crippen LogP contribution is 2.20. The van der Waals surface area contributed by atoms with Gasteiger partial charge < -0.3 is 9.88 Å². The number of hydrogen-bond acceptors (Lipinski definition) is 2. The summed E-state index contributed by atoms with van der Waals surface area (Å²) in [6, 6.07) is 6.88. The van der Waals surface area contributed by atoms with Gasteiger partial charge in [-0.2, -0.15) is 0 Å². The molecular formula is C15H20FN3. The molecule has 3 nitrogen and oxygen atoms in total. The van der Waals surface area contributed by atoms with Crippen LogP contribution in [0.4, 0.5) is 4.39 Å². The summed E-state index contributed by atoms with van der Waals surface area (Å²) in [5.41, 5.74) is 2.85. The first-order valence-electron chi connectivity index (χ1n) is 6.59. The molecule has 0 bridgehead atoms. The second kappa shape index (κ2) is 5.97. The SMILES string of the molecule is CCNC(Cn1cnc(C)c1C)c1ccccc1F. The van der Waals surface area contributed by atoms with Gasteiger partial charge in [0, 0.05) is 17.8 Å². The fourth-order valence-corrected chi connectivity index (χ4v) is 2.20. The molecule has 4 heteroatoms. The number of benzene rings is 1. The van der Waals surface area contributed by atoms with Crippen LogP contribution >= 0.6 is 0 Å². The Morgan fingerprint density at radius 2 is 2.05 bits per heavy atom. The molecular weight excluding hydrogens is 241 g/mol. The molecule has 2 aromatic rings. The number of rotatable bonds is 5. The lowest BCUT2D eigenvalue weighted by molar-refractivity contribution is 0.449. The molecule has 0 aliphatic rings. The third kappa shape index (κ3) is 3.01. The van der Waals surface area contributed by atoms with Crippen molar-refractivity contribution in [2.24, 2.45) is 0 Å². The van der Waals surface area contributed by atoms with E-state index in [9.17, 15) is 4.39 Å². The maximum atomic E-state index is 13.9. The van der Waals surface area contributed by atoms with Gasteiger partial charge in [0.2, 0.25) is 0 Å². The number of hydrogen-bond donors (Lipinski definition) is 1. The predicted octanol–water partition coefficient (Wildman–Crippen LogP) is 2.99. The standard InChI is InChI=1S/C15H20FN3/c1-4-17-15(13-7-5-6-8-14(13)16)9-19-10-18-11(2)12(19)3/h5-8,10,15,17H,4,9H2,1-3H3. The zero-order valence-electron chi connectivity index (χ0n) is 11.7. The normalized spacial score (nSPS) is 12.6. The summed E-state index contributed by atoms with van der Waals surface area (Å²) in [6.45, 7) is 7.52. The Bertz CT molecular complexity index is 548. The average Bonchev–Trinajstić information content (AvgIpc) is 2.71. The zero-order valence-corrected chi connectivity index (χ0v) is 11.7. The van der Waals surface area contributed by atoms with E-state index in [1.807, 2.05) is 39.2 Å². The molecule has 1 unspecified atom stereocenters. The number of aryl methyl sites for hydroxylation is 1. The molecule has 1 heterocycles. The molecule has 2 rings (SSSR count). The van der Waals surface area contributed by atoms with Gasteiger partial charge in [0.15, 0.2) is 0 Å². The van der Waals surface area contributed by atoms with E-state index < -0.39 is 0 Å². The second-order valence-corrected chi connectivity index (χ2v) is 4.70. The van der Waals surface area contributed by atoms with Crippen LogP contribution in [0.2, 0.25) is 0 Å². The van der Waals surface area contributed by atoms with E-state index >= 15 is 0 Å². The first kappa shape index (κ1) is 13.7. The fraction of sp³-hybridized carbons (Fsp3) is 0.400. The van der Waals surface area contributed by atoms with Crippen LogP contribution in [0.15, 0.2) is 30.6 Å². The Balaban J connectivity index is 2.26. The Hall–Kier alpha value is -1.68. The Kier molecular flexibility index (Phi) is 4.32. The van der Waals surface area contributed by atoms with Crippen molar-refractivity contribution in [3.63, 3.8) is 0 Å². The predicted molar refractivity (Wildman–Crippen MR) is 74.5 cm³/mol. The van der Waals surface area contributed by atoms with Crippen molar-refractivity contribution in [2.45, 2.75) is 33.4 Å². The van der Waals surface area contributed by atoms with Gasteiger partial charge in [0.1, 0.15) is 5.82 Å². The number of nitrogens with zero attached hydrogens (tertiary/aromatic N) is 2. The van der Waals surface area contributed by atoms with Crippen LogP contribution in [-0.4, -0.2) is 16.1 Å². The summed E-state index contributed by atoms with van der Waals surface area (Å²) in [5.74, 6) is -0.164. The van der Waals surface area contributed by atoms with Crippen molar-refractivity contribution in [1.29, 1.82) is 0 Å². The lowest BCUT2D eigenvalue weighted by Gasteiger charge is -2.20. The molecule has 1 atom stereocenters. The number of imidazole rings is 1. The minimum Gasteiger partial charge on any atom is -0.333 e. The monoisotopic (exact) mass is 261 g/mol. The number of nitrogens with one attached hydrogen (secondary N) is 1. The van der Waals surface area contributed by atoms with Crippen molar-refractivity contribution < 1.29 is 4.39 Å². The smallest absolute Gasteiger partial charge is 0.128 e. The molecule has 0 saturated carbocycles. The summed E-state index contributed by atoms with van der Waals surface area (Å²) in [6.07, 6.45) is 1.82. The highest BCUT2D eigenvalue weighted by Gasteiger charge is 2.16. The summed E-state index contributed by atoms with van der Waals surface area (Å²) < 4.78 is 16.0. The number of halogens is 1. The van der Waals surface area contributed by atoms with Gasteiger partial charge in [-0.15, -0.1) is 0 Å². The van der Waals surface area contributed by atoms with Crippen LogP contribution in [-0.2, 0) is 6.54 Å². The van der Waals surface area contributed by atoms with Crippen molar-refractivity contribution in [1.82, 2.24) is 14.9 Å². The van der Waals surface area contributed by atoms with Gasteiger partial charge in [0.25, 0.3) is 0 Å². The minimum atomic E-state index is -0.164. The maximum Gasteiger partial charge on any atom is 0.128 e. The molecule has 1 aromatic carbocycles. The number of likely N-dealkylation sites (N-methyl/N-ethyl adjacent to an activating group) is 1. The van der Waals surface area contributed by atoms with Crippen LogP contribution in [0.25, 0.3) is 0 Å². The Morgan fingerprint density at radius 1 is 1.32 bits per heavy atom. The van der Waals surface area contributed by atoms with E-state index in [-0.39, 0.29) is 11.9 Å². The molecule has 0 saturated heterocycles. The molecule has 19 heavy (non-hydrogen) atoms. The van der Waals surface area contributed by atoms with Gasteiger partial charge in [-0.05, 0) is 26.5 Å². The summed E-state index contributed by atoms with van der Waals surface area (Å²) >= 11 is 0. The van der Waals surface area contributed by atoms with Crippen LogP contribution in [0.1, 0.15) is 29.9 Å². The van der Waals surface area contributed by atoms with E-state index in [4.69, 9.17) is 0 Å². The quantitative estimate of drug-likeness (QED) is 0.896. The lowest BCUT2D eigenvalue weighted by Crippen LogP contribution is -2.26. The molecule has 0 spiro atoms. The highest BCUT2D eigenvalue weighted by molar-refractivity contribution is 5.21. The largest absolute Gasteiger partial charge is 0.333 e.